The molecule has 4 nitrogen and oxygen atoms in total. The number of carbonyl (C=O) groups excluding carboxylic acids is 1. The van der Waals surface area contributed by atoms with Gasteiger partial charge in [0.15, 0.2) is 5.76 Å². The first kappa shape index (κ1) is 11.9. The molecule has 0 spiro atoms. The first-order chi connectivity index (χ1) is 8.31. The maximum atomic E-state index is 10.1. The molecule has 0 saturated heterocycles. The van der Waals surface area contributed by atoms with Crippen LogP contribution in [0, 0.1) is 0 Å². The summed E-state index contributed by atoms with van der Waals surface area (Å²) in [6.07, 6.45) is 2.24. The van der Waals surface area contributed by atoms with Crippen molar-refractivity contribution in [3.63, 3.8) is 0 Å². The van der Waals surface area contributed by atoms with Crippen LogP contribution in [0.25, 0.3) is 11.3 Å². The summed E-state index contributed by atoms with van der Waals surface area (Å²) >= 11 is 3.37. The minimum absolute atomic E-state index is 0.328. The van der Waals surface area contributed by atoms with Crippen molar-refractivity contribution >= 4 is 22.4 Å². The summed E-state index contributed by atoms with van der Waals surface area (Å²) in [7, 11) is 0. The Morgan fingerprint density at radius 2 is 2.12 bits per heavy atom. The van der Waals surface area contributed by atoms with Crippen LogP contribution in [-0.2, 0) is 16.0 Å². The number of ether oxygens (including phenoxy) is 1. The van der Waals surface area contributed by atoms with Gasteiger partial charge in [-0.15, -0.1) is 0 Å². The first-order valence-electron chi connectivity index (χ1n) is 5.06. The maximum Gasteiger partial charge on any atom is 0.293 e. The Morgan fingerprint density at radius 3 is 2.82 bits per heavy atom. The maximum absolute atomic E-state index is 10.1. The molecule has 0 saturated carbocycles. The van der Waals surface area contributed by atoms with Crippen LogP contribution in [0.2, 0.25) is 0 Å². The van der Waals surface area contributed by atoms with Gasteiger partial charge in [-0.05, 0) is 12.1 Å². The summed E-state index contributed by atoms with van der Waals surface area (Å²) in [6, 6.07) is 7.75. The Hall–Kier alpha value is -1.62. The van der Waals surface area contributed by atoms with Crippen molar-refractivity contribution in [1.29, 1.82) is 0 Å². The Labute approximate surface area is 107 Å². The summed E-state index contributed by atoms with van der Waals surface area (Å²) in [6.45, 7) is 0.765. The quantitative estimate of drug-likeness (QED) is 0.629. The van der Waals surface area contributed by atoms with Crippen LogP contribution in [0.1, 0.15) is 5.56 Å². The molecule has 17 heavy (non-hydrogen) atoms. The highest BCUT2D eigenvalue weighted by atomic mass is 79.9. The van der Waals surface area contributed by atoms with E-state index in [1.165, 1.54) is 0 Å². The summed E-state index contributed by atoms with van der Waals surface area (Å²) in [4.78, 5) is 10.1. The van der Waals surface area contributed by atoms with E-state index < -0.39 is 0 Å². The zero-order valence-corrected chi connectivity index (χ0v) is 10.5. The van der Waals surface area contributed by atoms with E-state index in [9.17, 15) is 4.79 Å². The second kappa shape index (κ2) is 5.63. The number of hydrogen-bond donors (Lipinski definition) is 0. The van der Waals surface area contributed by atoms with Crippen molar-refractivity contribution in [1.82, 2.24) is 5.16 Å². The van der Waals surface area contributed by atoms with Gasteiger partial charge in [-0.25, -0.2) is 0 Å². The van der Waals surface area contributed by atoms with Gasteiger partial charge >= 0.3 is 0 Å². The zero-order valence-electron chi connectivity index (χ0n) is 8.93. The molecule has 0 radical (unpaired) electrons. The van der Waals surface area contributed by atoms with Gasteiger partial charge in [-0.3, -0.25) is 4.79 Å². The predicted molar refractivity (Wildman–Crippen MR) is 65.4 cm³/mol. The molecule has 1 heterocycles. The van der Waals surface area contributed by atoms with E-state index in [1.807, 2.05) is 24.3 Å². The lowest BCUT2D eigenvalue weighted by Crippen LogP contribution is -1.96. The van der Waals surface area contributed by atoms with Crippen LogP contribution in [0.15, 0.2) is 39.5 Å². The van der Waals surface area contributed by atoms with Crippen molar-refractivity contribution in [2.45, 2.75) is 6.42 Å². The molecule has 0 N–H and O–H groups in total. The van der Waals surface area contributed by atoms with E-state index >= 15 is 0 Å². The number of benzene rings is 1. The molecule has 88 valence electrons. The Balaban J connectivity index is 2.18. The van der Waals surface area contributed by atoms with Gasteiger partial charge in [-0.1, -0.05) is 33.2 Å². The summed E-state index contributed by atoms with van der Waals surface area (Å²) in [5, 5.41) is 3.77. The van der Waals surface area contributed by atoms with Crippen molar-refractivity contribution in [3.8, 4) is 11.3 Å². The number of halogens is 1. The lowest BCUT2D eigenvalue weighted by molar-refractivity contribution is -0.128. The lowest BCUT2D eigenvalue weighted by Gasteiger charge is -2.01. The van der Waals surface area contributed by atoms with Crippen molar-refractivity contribution in [3.05, 3.63) is 40.5 Å². The van der Waals surface area contributed by atoms with Gasteiger partial charge in [0.1, 0.15) is 0 Å². The van der Waals surface area contributed by atoms with Crippen LogP contribution in [0.5, 0.6) is 0 Å². The standard InChI is InChI=1S/C12H10BrNO3/c13-11-3-1-9(2-4-11)12-10(7-14-17-12)5-6-16-8-15/h1-4,7-8H,5-6H2. The fourth-order valence-electron chi connectivity index (χ4n) is 1.49. The van der Waals surface area contributed by atoms with Crippen LogP contribution in [0.3, 0.4) is 0 Å². The Bertz CT molecular complexity index is 493. The Kier molecular flexibility index (Phi) is 3.93. The molecule has 0 unspecified atom stereocenters. The van der Waals surface area contributed by atoms with Gasteiger partial charge < -0.3 is 9.26 Å². The fraction of sp³-hybridized carbons (Fsp3) is 0.167. The number of hydrogen-bond acceptors (Lipinski definition) is 4. The molecule has 2 aromatic rings. The topological polar surface area (TPSA) is 52.3 Å². The monoisotopic (exact) mass is 295 g/mol. The number of rotatable bonds is 5. The number of carbonyl (C=O) groups is 1. The molecular weight excluding hydrogens is 286 g/mol. The molecule has 1 aromatic carbocycles. The Morgan fingerprint density at radius 1 is 1.35 bits per heavy atom. The highest BCUT2D eigenvalue weighted by Crippen LogP contribution is 2.25. The van der Waals surface area contributed by atoms with Gasteiger partial charge in [0, 0.05) is 22.0 Å². The van der Waals surface area contributed by atoms with Gasteiger partial charge in [0.25, 0.3) is 6.47 Å². The molecule has 0 atom stereocenters. The highest BCUT2D eigenvalue weighted by Gasteiger charge is 2.10. The fourth-order valence-corrected chi connectivity index (χ4v) is 1.76. The lowest BCUT2D eigenvalue weighted by atomic mass is 10.1. The van der Waals surface area contributed by atoms with Crippen LogP contribution < -0.4 is 0 Å². The van der Waals surface area contributed by atoms with Crippen LogP contribution >= 0.6 is 15.9 Å². The summed E-state index contributed by atoms with van der Waals surface area (Å²) in [5.41, 5.74) is 1.88. The van der Waals surface area contributed by atoms with Crippen molar-refractivity contribution < 1.29 is 14.1 Å². The summed E-state index contributed by atoms with van der Waals surface area (Å²) in [5.74, 6) is 0.715. The molecule has 0 aliphatic heterocycles. The van der Waals surface area contributed by atoms with E-state index in [4.69, 9.17) is 4.52 Å². The molecule has 5 heteroatoms. The van der Waals surface area contributed by atoms with E-state index in [0.29, 0.717) is 25.3 Å². The third-order valence-corrected chi connectivity index (χ3v) is 2.84. The van der Waals surface area contributed by atoms with Gasteiger partial charge in [0.05, 0.1) is 12.8 Å². The normalized spacial score (nSPS) is 10.2. The van der Waals surface area contributed by atoms with Crippen LogP contribution in [0.4, 0.5) is 0 Å². The molecule has 0 aliphatic carbocycles. The molecule has 0 amide bonds. The SMILES string of the molecule is O=COCCc1cnoc1-c1ccc(Br)cc1. The smallest absolute Gasteiger partial charge is 0.293 e. The van der Waals surface area contributed by atoms with Crippen LogP contribution in [-0.4, -0.2) is 18.2 Å². The third-order valence-electron chi connectivity index (χ3n) is 2.31. The number of nitrogens with zero attached hydrogens (tertiary/aromatic N) is 1. The molecule has 0 bridgehead atoms. The van der Waals surface area contributed by atoms with Gasteiger partial charge in [0.2, 0.25) is 0 Å². The minimum atomic E-state index is 0.328. The molecule has 0 fully saturated rings. The second-order valence-electron chi connectivity index (χ2n) is 3.40. The second-order valence-corrected chi connectivity index (χ2v) is 4.32. The predicted octanol–water partition coefficient (Wildman–Crippen LogP) is 2.82. The molecule has 2 rings (SSSR count). The zero-order chi connectivity index (χ0) is 12.1. The summed E-state index contributed by atoms with van der Waals surface area (Å²) < 4.78 is 10.9. The molecular formula is C12H10BrNO3. The van der Waals surface area contributed by atoms with E-state index in [0.717, 1.165) is 15.6 Å². The minimum Gasteiger partial charge on any atom is -0.468 e. The van der Waals surface area contributed by atoms with Crippen molar-refractivity contribution in [2.75, 3.05) is 6.61 Å². The van der Waals surface area contributed by atoms with E-state index in [-0.39, 0.29) is 0 Å². The number of aromatic nitrogens is 1. The average Bonchev–Trinajstić information content (AvgIpc) is 2.79. The average molecular weight is 296 g/mol. The van der Waals surface area contributed by atoms with E-state index in [2.05, 4.69) is 25.8 Å². The van der Waals surface area contributed by atoms with Crippen molar-refractivity contribution in [2.24, 2.45) is 0 Å². The largest absolute Gasteiger partial charge is 0.468 e. The van der Waals surface area contributed by atoms with Gasteiger partial charge in [-0.2, -0.15) is 0 Å². The van der Waals surface area contributed by atoms with E-state index in [1.54, 1.807) is 6.20 Å². The molecule has 0 aliphatic rings. The first-order valence-corrected chi connectivity index (χ1v) is 5.85. The molecule has 1 aromatic heterocycles. The highest BCUT2D eigenvalue weighted by molar-refractivity contribution is 9.10. The third kappa shape index (κ3) is 2.94.